The normalized spacial score (nSPS) is 24.0. The summed E-state index contributed by atoms with van der Waals surface area (Å²) in [7, 11) is 4.30. The van der Waals surface area contributed by atoms with Crippen LogP contribution in [0, 0.1) is 25.2 Å². The zero-order valence-corrected chi connectivity index (χ0v) is 18.8. The number of nitrogens with zero attached hydrogens (tertiary/aromatic N) is 5. The highest BCUT2D eigenvalue weighted by Crippen LogP contribution is 2.43. The lowest BCUT2D eigenvalue weighted by Gasteiger charge is -2.32. The zero-order valence-electron chi connectivity index (χ0n) is 18.8. The molecular weight excluding hydrogens is 374 g/mol. The Labute approximate surface area is 180 Å². The Balaban J connectivity index is 1.39. The SMILES string of the molecule is Cc1cc(C)n(CCC(=O)N2C[C@H]3CN(Cc4ccccc4)C[C@@]3(CN(C)C)C2)n1. The molecule has 2 saturated heterocycles. The fourth-order valence-electron chi connectivity index (χ4n) is 5.56. The molecular formula is C24H35N5O. The van der Waals surface area contributed by atoms with Gasteiger partial charge in [-0.25, -0.2) is 0 Å². The van der Waals surface area contributed by atoms with Crippen molar-refractivity contribution >= 4 is 5.91 Å². The highest BCUT2D eigenvalue weighted by atomic mass is 16.2. The number of aryl methyl sites for hydroxylation is 3. The van der Waals surface area contributed by atoms with Crippen molar-refractivity contribution < 1.29 is 4.79 Å². The largest absolute Gasteiger partial charge is 0.342 e. The van der Waals surface area contributed by atoms with E-state index in [0.717, 1.165) is 50.7 Å². The van der Waals surface area contributed by atoms with Crippen LogP contribution in [0.1, 0.15) is 23.4 Å². The van der Waals surface area contributed by atoms with Gasteiger partial charge in [-0.05, 0) is 45.5 Å². The Morgan fingerprint density at radius 1 is 1.17 bits per heavy atom. The van der Waals surface area contributed by atoms with Gasteiger partial charge in [0.1, 0.15) is 0 Å². The Morgan fingerprint density at radius 2 is 1.93 bits per heavy atom. The van der Waals surface area contributed by atoms with E-state index in [4.69, 9.17) is 0 Å². The fourth-order valence-corrected chi connectivity index (χ4v) is 5.56. The zero-order chi connectivity index (χ0) is 21.3. The molecule has 0 saturated carbocycles. The molecule has 162 valence electrons. The van der Waals surface area contributed by atoms with Crippen molar-refractivity contribution in [3.63, 3.8) is 0 Å². The monoisotopic (exact) mass is 409 g/mol. The van der Waals surface area contributed by atoms with Gasteiger partial charge in [0, 0.05) is 63.3 Å². The predicted molar refractivity (Wildman–Crippen MR) is 119 cm³/mol. The van der Waals surface area contributed by atoms with Crippen LogP contribution in [-0.2, 0) is 17.9 Å². The van der Waals surface area contributed by atoms with E-state index >= 15 is 0 Å². The summed E-state index contributed by atoms with van der Waals surface area (Å²) in [6.07, 6.45) is 0.528. The molecule has 30 heavy (non-hydrogen) atoms. The average molecular weight is 410 g/mol. The van der Waals surface area contributed by atoms with E-state index in [1.54, 1.807) is 0 Å². The first-order valence-electron chi connectivity index (χ1n) is 11.0. The summed E-state index contributed by atoms with van der Waals surface area (Å²) < 4.78 is 1.96. The van der Waals surface area contributed by atoms with Crippen LogP contribution in [0.25, 0.3) is 0 Å². The number of hydrogen-bond acceptors (Lipinski definition) is 4. The lowest BCUT2D eigenvalue weighted by molar-refractivity contribution is -0.131. The summed E-state index contributed by atoms with van der Waals surface area (Å²) in [6, 6.07) is 12.8. The van der Waals surface area contributed by atoms with Gasteiger partial charge in [0.25, 0.3) is 0 Å². The average Bonchev–Trinajstić information content (AvgIpc) is 3.29. The van der Waals surface area contributed by atoms with Crippen molar-refractivity contribution in [1.29, 1.82) is 0 Å². The van der Waals surface area contributed by atoms with Gasteiger partial charge in [0.2, 0.25) is 5.91 Å². The first kappa shape index (κ1) is 21.1. The fraction of sp³-hybridized carbons (Fsp3) is 0.583. The van der Waals surface area contributed by atoms with Crippen molar-refractivity contribution in [1.82, 2.24) is 24.5 Å². The third-order valence-electron chi connectivity index (χ3n) is 6.70. The molecule has 3 heterocycles. The van der Waals surface area contributed by atoms with Gasteiger partial charge in [-0.2, -0.15) is 5.10 Å². The van der Waals surface area contributed by atoms with Crippen LogP contribution in [-0.4, -0.2) is 77.2 Å². The molecule has 0 spiro atoms. The molecule has 0 aliphatic carbocycles. The van der Waals surface area contributed by atoms with Gasteiger partial charge < -0.3 is 9.80 Å². The topological polar surface area (TPSA) is 44.6 Å². The lowest BCUT2D eigenvalue weighted by Crippen LogP contribution is -2.42. The van der Waals surface area contributed by atoms with Crippen LogP contribution >= 0.6 is 0 Å². The second-order valence-electron chi connectivity index (χ2n) is 9.63. The first-order valence-corrected chi connectivity index (χ1v) is 11.0. The van der Waals surface area contributed by atoms with Crippen LogP contribution in [0.4, 0.5) is 0 Å². The van der Waals surface area contributed by atoms with E-state index in [-0.39, 0.29) is 11.3 Å². The molecule has 2 atom stereocenters. The minimum atomic E-state index is 0.173. The van der Waals surface area contributed by atoms with E-state index in [1.165, 1.54) is 5.56 Å². The Kier molecular flexibility index (Phi) is 5.98. The Hall–Kier alpha value is -2.18. The molecule has 6 nitrogen and oxygen atoms in total. The maximum Gasteiger partial charge on any atom is 0.224 e. The maximum absolute atomic E-state index is 13.0. The smallest absolute Gasteiger partial charge is 0.224 e. The van der Waals surface area contributed by atoms with Crippen molar-refractivity contribution in [3.8, 4) is 0 Å². The van der Waals surface area contributed by atoms with Crippen molar-refractivity contribution in [2.24, 2.45) is 11.3 Å². The summed E-state index contributed by atoms with van der Waals surface area (Å²) in [4.78, 5) is 20.0. The molecule has 0 bridgehead atoms. The number of carbonyl (C=O) groups is 1. The molecule has 2 aliphatic rings. The van der Waals surface area contributed by atoms with Gasteiger partial charge in [0.05, 0.1) is 5.69 Å². The molecule has 4 rings (SSSR count). The number of carbonyl (C=O) groups excluding carboxylic acids is 1. The molecule has 2 fully saturated rings. The molecule has 2 aromatic rings. The molecule has 1 aromatic carbocycles. The standard InChI is InChI=1S/C24H35N5O/c1-19-12-20(2)29(25-19)11-10-23(30)28-15-22-14-27(13-21-8-6-5-7-9-21)17-24(22,18-28)16-26(3)4/h5-9,12,22H,10-11,13-18H2,1-4H3/t22-,24+/m1/s1. The van der Waals surface area contributed by atoms with E-state index in [2.05, 4.69) is 77.2 Å². The van der Waals surface area contributed by atoms with Crippen LogP contribution in [0.3, 0.4) is 0 Å². The van der Waals surface area contributed by atoms with E-state index in [9.17, 15) is 4.79 Å². The maximum atomic E-state index is 13.0. The van der Waals surface area contributed by atoms with Gasteiger partial charge in [-0.15, -0.1) is 0 Å². The third-order valence-corrected chi connectivity index (χ3v) is 6.70. The molecule has 0 radical (unpaired) electrons. The molecule has 0 unspecified atom stereocenters. The summed E-state index contributed by atoms with van der Waals surface area (Å²) in [5.41, 5.74) is 3.68. The summed E-state index contributed by atoms with van der Waals surface area (Å²) in [6.45, 7) is 10.6. The predicted octanol–water partition coefficient (Wildman–Crippen LogP) is 2.41. The lowest BCUT2D eigenvalue weighted by atomic mass is 9.80. The van der Waals surface area contributed by atoms with Crippen LogP contribution in [0.15, 0.2) is 36.4 Å². The van der Waals surface area contributed by atoms with Crippen LogP contribution in [0.5, 0.6) is 0 Å². The quantitative estimate of drug-likeness (QED) is 0.705. The third kappa shape index (κ3) is 4.44. The Bertz CT molecular complexity index is 877. The second kappa shape index (κ2) is 8.52. The highest BCUT2D eigenvalue weighted by Gasteiger charge is 2.53. The van der Waals surface area contributed by atoms with Gasteiger partial charge >= 0.3 is 0 Å². The van der Waals surface area contributed by atoms with Gasteiger partial charge in [0.15, 0.2) is 0 Å². The van der Waals surface area contributed by atoms with Crippen LogP contribution < -0.4 is 0 Å². The number of fused-ring (bicyclic) bond motifs is 1. The summed E-state index contributed by atoms with van der Waals surface area (Å²) in [5.74, 6) is 0.811. The van der Waals surface area contributed by atoms with Gasteiger partial charge in [-0.3, -0.25) is 14.4 Å². The number of benzene rings is 1. The number of likely N-dealkylation sites (tertiary alicyclic amines) is 2. The highest BCUT2D eigenvalue weighted by molar-refractivity contribution is 5.76. The molecule has 1 amide bonds. The van der Waals surface area contributed by atoms with Crippen molar-refractivity contribution in [3.05, 3.63) is 53.3 Å². The number of hydrogen-bond donors (Lipinski definition) is 0. The minimum absolute atomic E-state index is 0.173. The molecule has 2 aliphatic heterocycles. The second-order valence-corrected chi connectivity index (χ2v) is 9.63. The van der Waals surface area contributed by atoms with Gasteiger partial charge in [-0.1, -0.05) is 30.3 Å². The van der Waals surface area contributed by atoms with E-state index < -0.39 is 0 Å². The summed E-state index contributed by atoms with van der Waals surface area (Å²) >= 11 is 0. The Morgan fingerprint density at radius 3 is 2.60 bits per heavy atom. The number of amides is 1. The molecule has 0 N–H and O–H groups in total. The first-order chi connectivity index (χ1) is 14.3. The number of aromatic nitrogens is 2. The van der Waals surface area contributed by atoms with Crippen molar-refractivity contribution in [2.45, 2.75) is 33.4 Å². The number of rotatable bonds is 7. The van der Waals surface area contributed by atoms with E-state index in [0.29, 0.717) is 18.9 Å². The molecule has 6 heteroatoms. The minimum Gasteiger partial charge on any atom is -0.342 e. The molecule has 1 aromatic heterocycles. The van der Waals surface area contributed by atoms with Crippen molar-refractivity contribution in [2.75, 3.05) is 46.8 Å². The van der Waals surface area contributed by atoms with E-state index in [1.807, 2.05) is 11.6 Å². The summed E-state index contributed by atoms with van der Waals surface area (Å²) in [5, 5.41) is 4.50. The van der Waals surface area contributed by atoms with Crippen LogP contribution in [0.2, 0.25) is 0 Å².